The summed E-state index contributed by atoms with van der Waals surface area (Å²) in [5.74, 6) is 0.00496. The van der Waals surface area contributed by atoms with Gasteiger partial charge in [0.05, 0.1) is 6.54 Å². The Morgan fingerprint density at radius 2 is 1.73 bits per heavy atom. The Hall–Kier alpha value is -2.99. The van der Waals surface area contributed by atoms with Gasteiger partial charge in [-0.1, -0.05) is 30.3 Å². The molecule has 2 aromatic carbocycles. The number of benzene rings is 2. The number of hydrogen-bond acceptors (Lipinski definition) is 4. The van der Waals surface area contributed by atoms with Crippen LogP contribution < -0.4 is 4.90 Å². The van der Waals surface area contributed by atoms with E-state index in [0.717, 1.165) is 17.8 Å². The highest BCUT2D eigenvalue weighted by Gasteiger charge is 2.17. The third kappa shape index (κ3) is 4.55. The number of hydrogen-bond donors (Lipinski definition) is 0. The predicted octanol–water partition coefficient (Wildman–Crippen LogP) is 2.53. The van der Waals surface area contributed by atoms with Gasteiger partial charge in [-0.25, -0.2) is 9.67 Å². The molecule has 6 nitrogen and oxygen atoms in total. The van der Waals surface area contributed by atoms with Gasteiger partial charge in [-0.05, 0) is 43.9 Å². The lowest BCUT2D eigenvalue weighted by atomic mass is 10.1. The van der Waals surface area contributed by atoms with Crippen LogP contribution >= 0.6 is 0 Å². The van der Waals surface area contributed by atoms with Gasteiger partial charge >= 0.3 is 0 Å². The number of likely N-dealkylation sites (N-methyl/N-ethyl adjacent to an activating group) is 1. The molecule has 26 heavy (non-hydrogen) atoms. The van der Waals surface area contributed by atoms with Crippen molar-refractivity contribution >= 4 is 11.6 Å². The van der Waals surface area contributed by atoms with E-state index in [4.69, 9.17) is 0 Å². The molecule has 0 aliphatic heterocycles. The van der Waals surface area contributed by atoms with Gasteiger partial charge in [0.2, 0.25) is 0 Å². The molecule has 1 heterocycles. The SMILES string of the molecule is CN(C)CCN(C(=O)c1ccc(Cn2cncn2)cc1)c1ccccc1. The standard InChI is InChI=1S/C20H23N5O/c1-23(2)12-13-25(19-6-4-3-5-7-19)20(26)18-10-8-17(9-11-18)14-24-16-21-15-22-24/h3-11,15-16H,12-14H2,1-2H3. The van der Waals surface area contributed by atoms with E-state index in [1.165, 1.54) is 6.33 Å². The first-order chi connectivity index (χ1) is 12.6. The summed E-state index contributed by atoms with van der Waals surface area (Å²) in [4.78, 5) is 20.9. The summed E-state index contributed by atoms with van der Waals surface area (Å²) in [5, 5.41) is 4.10. The van der Waals surface area contributed by atoms with Crippen molar-refractivity contribution in [2.24, 2.45) is 0 Å². The van der Waals surface area contributed by atoms with E-state index in [-0.39, 0.29) is 5.91 Å². The van der Waals surface area contributed by atoms with Crippen LogP contribution in [0.2, 0.25) is 0 Å². The zero-order chi connectivity index (χ0) is 18.4. The average Bonchev–Trinajstić information content (AvgIpc) is 3.16. The molecule has 0 bridgehead atoms. The molecule has 0 unspecified atom stereocenters. The Balaban J connectivity index is 1.77. The first-order valence-corrected chi connectivity index (χ1v) is 8.56. The molecular weight excluding hydrogens is 326 g/mol. The molecule has 0 radical (unpaired) electrons. The van der Waals surface area contributed by atoms with Crippen molar-refractivity contribution in [2.75, 3.05) is 32.1 Å². The van der Waals surface area contributed by atoms with Crippen LogP contribution in [0.3, 0.4) is 0 Å². The van der Waals surface area contributed by atoms with E-state index in [2.05, 4.69) is 15.0 Å². The Kier molecular flexibility index (Phi) is 5.76. The second kappa shape index (κ2) is 8.40. The van der Waals surface area contributed by atoms with Crippen LogP contribution in [0.25, 0.3) is 0 Å². The summed E-state index contributed by atoms with van der Waals surface area (Å²) in [6.45, 7) is 2.07. The van der Waals surface area contributed by atoms with Gasteiger partial charge in [0.15, 0.2) is 0 Å². The van der Waals surface area contributed by atoms with Crippen LogP contribution in [0.1, 0.15) is 15.9 Å². The van der Waals surface area contributed by atoms with Crippen molar-refractivity contribution in [3.8, 4) is 0 Å². The van der Waals surface area contributed by atoms with Crippen LogP contribution in [-0.4, -0.2) is 52.8 Å². The molecule has 0 aliphatic rings. The molecule has 3 rings (SSSR count). The molecular formula is C20H23N5O. The summed E-state index contributed by atoms with van der Waals surface area (Å²) in [6.07, 6.45) is 3.19. The van der Waals surface area contributed by atoms with Crippen molar-refractivity contribution in [3.63, 3.8) is 0 Å². The molecule has 0 spiro atoms. The molecule has 134 valence electrons. The lowest BCUT2D eigenvalue weighted by Gasteiger charge is -2.24. The maximum atomic E-state index is 13.1. The smallest absolute Gasteiger partial charge is 0.258 e. The monoisotopic (exact) mass is 349 g/mol. The minimum atomic E-state index is 0.00496. The second-order valence-electron chi connectivity index (χ2n) is 6.39. The van der Waals surface area contributed by atoms with E-state index in [9.17, 15) is 4.79 Å². The fourth-order valence-electron chi connectivity index (χ4n) is 2.67. The van der Waals surface area contributed by atoms with Gasteiger partial charge in [-0.15, -0.1) is 0 Å². The number of aromatic nitrogens is 3. The molecule has 1 amide bonds. The number of carbonyl (C=O) groups is 1. The average molecular weight is 349 g/mol. The van der Waals surface area contributed by atoms with Crippen molar-refractivity contribution < 1.29 is 4.79 Å². The van der Waals surface area contributed by atoms with Crippen LogP contribution in [0.5, 0.6) is 0 Å². The maximum Gasteiger partial charge on any atom is 0.258 e. The van der Waals surface area contributed by atoms with Gasteiger partial charge in [-0.3, -0.25) is 4.79 Å². The van der Waals surface area contributed by atoms with Crippen LogP contribution in [0.4, 0.5) is 5.69 Å². The molecule has 0 saturated carbocycles. The second-order valence-corrected chi connectivity index (χ2v) is 6.39. The zero-order valence-corrected chi connectivity index (χ0v) is 15.1. The maximum absolute atomic E-state index is 13.1. The van der Waals surface area contributed by atoms with Gasteiger partial charge in [-0.2, -0.15) is 5.10 Å². The summed E-state index contributed by atoms with van der Waals surface area (Å²) in [6, 6.07) is 17.5. The molecule has 0 fully saturated rings. The third-order valence-electron chi connectivity index (χ3n) is 4.10. The first kappa shape index (κ1) is 17.8. The Morgan fingerprint density at radius 1 is 1.00 bits per heavy atom. The van der Waals surface area contributed by atoms with Crippen LogP contribution in [0.15, 0.2) is 67.3 Å². The van der Waals surface area contributed by atoms with E-state index in [0.29, 0.717) is 18.7 Å². The molecule has 3 aromatic rings. The van der Waals surface area contributed by atoms with E-state index in [1.54, 1.807) is 11.0 Å². The van der Waals surface area contributed by atoms with E-state index >= 15 is 0 Å². The van der Waals surface area contributed by atoms with Gasteiger partial charge in [0.1, 0.15) is 12.7 Å². The highest BCUT2D eigenvalue weighted by Crippen LogP contribution is 2.17. The van der Waals surface area contributed by atoms with Crippen LogP contribution in [-0.2, 0) is 6.54 Å². The molecule has 0 saturated heterocycles. The minimum absolute atomic E-state index is 0.00496. The predicted molar refractivity (Wildman–Crippen MR) is 102 cm³/mol. The number of rotatable bonds is 7. The summed E-state index contributed by atoms with van der Waals surface area (Å²) in [7, 11) is 4.01. The van der Waals surface area contributed by atoms with Crippen LogP contribution in [0, 0.1) is 0 Å². The number of anilines is 1. The Labute approximate surface area is 153 Å². The van der Waals surface area contributed by atoms with Gasteiger partial charge in [0.25, 0.3) is 5.91 Å². The molecule has 1 aromatic heterocycles. The Bertz CT molecular complexity index is 813. The van der Waals surface area contributed by atoms with Gasteiger partial charge in [0, 0.05) is 24.3 Å². The normalized spacial score (nSPS) is 10.9. The Morgan fingerprint density at radius 3 is 2.35 bits per heavy atom. The number of para-hydroxylation sites is 1. The largest absolute Gasteiger partial charge is 0.308 e. The minimum Gasteiger partial charge on any atom is -0.308 e. The lowest BCUT2D eigenvalue weighted by molar-refractivity contribution is 0.0985. The molecule has 6 heteroatoms. The highest BCUT2D eigenvalue weighted by atomic mass is 16.2. The fraction of sp³-hybridized carbons (Fsp3) is 0.250. The van der Waals surface area contributed by atoms with E-state index in [1.807, 2.05) is 73.6 Å². The summed E-state index contributed by atoms with van der Waals surface area (Å²) >= 11 is 0. The number of carbonyl (C=O) groups excluding carboxylic acids is 1. The summed E-state index contributed by atoms with van der Waals surface area (Å²) < 4.78 is 1.75. The van der Waals surface area contributed by atoms with Crippen molar-refractivity contribution in [1.29, 1.82) is 0 Å². The molecule has 0 aliphatic carbocycles. The first-order valence-electron chi connectivity index (χ1n) is 8.56. The van der Waals surface area contributed by atoms with Crippen molar-refractivity contribution in [3.05, 3.63) is 78.4 Å². The number of nitrogens with zero attached hydrogens (tertiary/aromatic N) is 5. The van der Waals surface area contributed by atoms with Crippen molar-refractivity contribution in [2.45, 2.75) is 6.54 Å². The zero-order valence-electron chi connectivity index (χ0n) is 15.1. The molecule has 0 N–H and O–H groups in total. The van der Waals surface area contributed by atoms with E-state index < -0.39 is 0 Å². The lowest BCUT2D eigenvalue weighted by Crippen LogP contribution is -2.36. The number of amides is 1. The topological polar surface area (TPSA) is 54.3 Å². The fourth-order valence-corrected chi connectivity index (χ4v) is 2.67. The third-order valence-corrected chi connectivity index (χ3v) is 4.10. The van der Waals surface area contributed by atoms with Crippen molar-refractivity contribution in [1.82, 2.24) is 19.7 Å². The summed E-state index contributed by atoms with van der Waals surface area (Å²) in [5.41, 5.74) is 2.66. The van der Waals surface area contributed by atoms with Gasteiger partial charge < -0.3 is 9.80 Å². The molecule has 0 atom stereocenters. The quantitative estimate of drug-likeness (QED) is 0.658. The highest BCUT2D eigenvalue weighted by molar-refractivity contribution is 6.06.